The highest BCUT2D eigenvalue weighted by Crippen LogP contribution is 2.38. The first-order chi connectivity index (χ1) is 5.40. The van der Waals surface area contributed by atoms with Crippen LogP contribution in [0.4, 0.5) is 13.2 Å². The van der Waals surface area contributed by atoms with Gasteiger partial charge in [0.25, 0.3) is 0 Å². The molecule has 1 N–H and O–H groups in total. The van der Waals surface area contributed by atoms with Crippen LogP contribution in [-0.2, 0) is 0 Å². The summed E-state index contributed by atoms with van der Waals surface area (Å²) in [5.41, 5.74) is -1.65. The molecule has 1 aliphatic rings. The minimum Gasteiger partial charge on any atom is -0.314 e. The zero-order chi connectivity index (χ0) is 9.41. The molecule has 1 atom stereocenters. The lowest BCUT2D eigenvalue weighted by Gasteiger charge is -2.37. The van der Waals surface area contributed by atoms with Crippen LogP contribution in [0.2, 0.25) is 0 Å². The molecule has 0 aromatic heterocycles. The molecule has 1 rings (SSSR count). The molecular formula is C7H15Cl2F3N2. The molecule has 1 heterocycles. The van der Waals surface area contributed by atoms with Crippen LogP contribution in [0.15, 0.2) is 0 Å². The molecule has 2 nitrogen and oxygen atoms in total. The number of nitrogens with zero attached hydrogens (tertiary/aromatic N) is 1. The summed E-state index contributed by atoms with van der Waals surface area (Å²) >= 11 is 0. The topological polar surface area (TPSA) is 15.3 Å². The zero-order valence-corrected chi connectivity index (χ0v) is 9.65. The minimum absolute atomic E-state index is 0. The van der Waals surface area contributed by atoms with Crippen LogP contribution >= 0.6 is 24.8 Å². The van der Waals surface area contributed by atoms with Gasteiger partial charge in [-0.1, -0.05) is 0 Å². The van der Waals surface area contributed by atoms with Crippen LogP contribution < -0.4 is 5.32 Å². The van der Waals surface area contributed by atoms with Gasteiger partial charge in [-0.2, -0.15) is 13.2 Å². The summed E-state index contributed by atoms with van der Waals surface area (Å²) in [4.78, 5) is 1.26. The van der Waals surface area contributed by atoms with Gasteiger partial charge >= 0.3 is 6.18 Å². The molecule has 88 valence electrons. The molecule has 0 aromatic rings. The van der Waals surface area contributed by atoms with Gasteiger partial charge in [0.2, 0.25) is 0 Å². The predicted molar refractivity (Wildman–Crippen MR) is 54.5 cm³/mol. The van der Waals surface area contributed by atoms with Crippen LogP contribution in [0.3, 0.4) is 0 Å². The molecular weight excluding hydrogens is 240 g/mol. The highest BCUT2D eigenvalue weighted by atomic mass is 35.5. The molecule has 14 heavy (non-hydrogen) atoms. The number of hydrogen-bond acceptors (Lipinski definition) is 2. The Morgan fingerprint density at radius 2 is 1.71 bits per heavy atom. The number of likely N-dealkylation sites (N-methyl/N-ethyl adjacent to an activating group) is 1. The van der Waals surface area contributed by atoms with E-state index >= 15 is 0 Å². The van der Waals surface area contributed by atoms with E-state index in [9.17, 15) is 13.2 Å². The van der Waals surface area contributed by atoms with Gasteiger partial charge in [0, 0.05) is 6.54 Å². The van der Waals surface area contributed by atoms with Crippen LogP contribution in [-0.4, -0.2) is 43.8 Å². The Hall–Kier alpha value is 0.290. The van der Waals surface area contributed by atoms with E-state index in [1.165, 1.54) is 19.0 Å². The lowest BCUT2D eigenvalue weighted by atomic mass is 9.96. The van der Waals surface area contributed by atoms with Crippen molar-refractivity contribution in [2.24, 2.45) is 0 Å². The standard InChI is InChI=1S/C7H13F3N2.2ClH/c1-12(2)6(7(8,9)10)3-4-11-5-6;;/h11H,3-5H2,1-2H3;2*1H. The fraction of sp³-hybridized carbons (Fsp3) is 1.00. The molecule has 0 radical (unpaired) electrons. The average Bonchev–Trinajstić information content (AvgIpc) is 2.31. The van der Waals surface area contributed by atoms with E-state index in [4.69, 9.17) is 0 Å². The summed E-state index contributed by atoms with van der Waals surface area (Å²) in [5, 5.41) is 2.74. The van der Waals surface area contributed by atoms with E-state index in [-0.39, 0.29) is 37.8 Å². The fourth-order valence-corrected chi connectivity index (χ4v) is 1.56. The SMILES string of the molecule is CN(C)C1(C(F)(F)F)CCNC1.Cl.Cl. The molecule has 0 saturated carbocycles. The maximum absolute atomic E-state index is 12.6. The summed E-state index contributed by atoms with van der Waals surface area (Å²) in [6.45, 7) is 0.446. The van der Waals surface area contributed by atoms with Crippen molar-refractivity contribution in [2.45, 2.75) is 18.1 Å². The third kappa shape index (κ3) is 2.66. The van der Waals surface area contributed by atoms with Crippen molar-refractivity contribution >= 4 is 24.8 Å². The molecule has 7 heteroatoms. The number of nitrogens with one attached hydrogen (secondary N) is 1. The first kappa shape index (κ1) is 16.7. The summed E-state index contributed by atoms with van der Waals surface area (Å²) in [6, 6.07) is 0. The van der Waals surface area contributed by atoms with Gasteiger partial charge in [-0.3, -0.25) is 4.90 Å². The molecule has 1 fully saturated rings. The first-order valence-electron chi connectivity index (χ1n) is 3.85. The van der Waals surface area contributed by atoms with Crippen molar-refractivity contribution in [3.8, 4) is 0 Å². The first-order valence-corrected chi connectivity index (χ1v) is 3.85. The molecule has 1 unspecified atom stereocenters. The normalized spacial score (nSPS) is 27.0. The Bertz CT molecular complexity index is 167. The Morgan fingerprint density at radius 1 is 1.21 bits per heavy atom. The largest absolute Gasteiger partial charge is 0.408 e. The zero-order valence-electron chi connectivity index (χ0n) is 8.02. The van der Waals surface area contributed by atoms with Gasteiger partial charge in [0.05, 0.1) is 0 Å². The van der Waals surface area contributed by atoms with E-state index in [1.807, 2.05) is 0 Å². The lowest BCUT2D eigenvalue weighted by Crippen LogP contribution is -2.57. The molecule has 0 aromatic carbocycles. The molecule has 0 spiro atoms. The van der Waals surface area contributed by atoms with Crippen molar-refractivity contribution < 1.29 is 13.2 Å². The highest BCUT2D eigenvalue weighted by molar-refractivity contribution is 5.85. The Morgan fingerprint density at radius 3 is 1.86 bits per heavy atom. The second-order valence-corrected chi connectivity index (χ2v) is 3.35. The summed E-state index contributed by atoms with van der Waals surface area (Å²) in [5.74, 6) is 0. The van der Waals surface area contributed by atoms with Gasteiger partial charge in [0.1, 0.15) is 5.54 Å². The van der Waals surface area contributed by atoms with Crippen LogP contribution in [0.5, 0.6) is 0 Å². The predicted octanol–water partition coefficient (Wildman–Crippen LogP) is 1.69. The summed E-state index contributed by atoms with van der Waals surface area (Å²) in [7, 11) is 2.95. The highest BCUT2D eigenvalue weighted by Gasteiger charge is 2.57. The third-order valence-electron chi connectivity index (χ3n) is 2.52. The maximum Gasteiger partial charge on any atom is 0.408 e. The maximum atomic E-state index is 12.6. The molecule has 0 bridgehead atoms. The Kier molecular flexibility index (Phi) is 6.44. The molecule has 1 saturated heterocycles. The second-order valence-electron chi connectivity index (χ2n) is 3.35. The summed E-state index contributed by atoms with van der Waals surface area (Å²) in [6.07, 6.45) is -4.00. The molecule has 0 amide bonds. The lowest BCUT2D eigenvalue weighted by molar-refractivity contribution is -0.218. The van der Waals surface area contributed by atoms with Gasteiger partial charge < -0.3 is 5.32 Å². The van der Waals surface area contributed by atoms with Crippen molar-refractivity contribution in [2.75, 3.05) is 27.2 Å². The Balaban J connectivity index is 0. The smallest absolute Gasteiger partial charge is 0.314 e. The van der Waals surface area contributed by atoms with Crippen molar-refractivity contribution in [3.05, 3.63) is 0 Å². The summed E-state index contributed by atoms with van der Waals surface area (Å²) < 4.78 is 37.8. The molecule has 1 aliphatic heterocycles. The van der Waals surface area contributed by atoms with Crippen molar-refractivity contribution in [3.63, 3.8) is 0 Å². The Labute approximate surface area is 94.0 Å². The van der Waals surface area contributed by atoms with Gasteiger partial charge in [-0.25, -0.2) is 0 Å². The number of hydrogen-bond donors (Lipinski definition) is 1. The number of halogens is 5. The van der Waals surface area contributed by atoms with E-state index in [0.717, 1.165) is 0 Å². The number of rotatable bonds is 1. The molecule has 0 aliphatic carbocycles. The van der Waals surface area contributed by atoms with E-state index in [0.29, 0.717) is 6.54 Å². The van der Waals surface area contributed by atoms with Crippen molar-refractivity contribution in [1.82, 2.24) is 10.2 Å². The van der Waals surface area contributed by atoms with Crippen LogP contribution in [0.25, 0.3) is 0 Å². The van der Waals surface area contributed by atoms with Gasteiger partial charge in [-0.15, -0.1) is 24.8 Å². The van der Waals surface area contributed by atoms with Gasteiger partial charge in [0.15, 0.2) is 0 Å². The number of alkyl halides is 3. The quantitative estimate of drug-likeness (QED) is 0.767. The van der Waals surface area contributed by atoms with E-state index in [2.05, 4.69) is 5.32 Å². The minimum atomic E-state index is -4.14. The van der Waals surface area contributed by atoms with Crippen LogP contribution in [0, 0.1) is 0 Å². The second kappa shape index (κ2) is 5.39. The van der Waals surface area contributed by atoms with Crippen molar-refractivity contribution in [1.29, 1.82) is 0 Å². The monoisotopic (exact) mass is 254 g/mol. The van der Waals surface area contributed by atoms with Gasteiger partial charge in [-0.05, 0) is 27.1 Å². The third-order valence-corrected chi connectivity index (χ3v) is 2.52. The van der Waals surface area contributed by atoms with E-state index < -0.39 is 11.7 Å². The average molecular weight is 255 g/mol. The fourth-order valence-electron chi connectivity index (χ4n) is 1.56. The van der Waals surface area contributed by atoms with Crippen LogP contribution in [0.1, 0.15) is 6.42 Å². The van der Waals surface area contributed by atoms with E-state index in [1.54, 1.807) is 0 Å².